The molecule has 0 aromatic rings. The quantitative estimate of drug-likeness (QED) is 0.444. The van der Waals surface area contributed by atoms with Crippen molar-refractivity contribution in [1.29, 1.82) is 0 Å². The van der Waals surface area contributed by atoms with Crippen molar-refractivity contribution in [1.82, 2.24) is 0 Å². The van der Waals surface area contributed by atoms with Gasteiger partial charge in [-0.05, 0) is 13.3 Å². The van der Waals surface area contributed by atoms with E-state index in [1.807, 2.05) is 6.92 Å². The molecule has 0 rings (SSSR count). The van der Waals surface area contributed by atoms with Gasteiger partial charge in [-0.15, -0.1) is 0 Å². The molecular formula is C12H26O3S. The fourth-order valence-electron chi connectivity index (χ4n) is 1.75. The summed E-state index contributed by atoms with van der Waals surface area (Å²) in [5, 5.41) is 0. The highest BCUT2D eigenvalue weighted by atomic mass is 32.2. The van der Waals surface area contributed by atoms with Crippen molar-refractivity contribution in [3.05, 3.63) is 0 Å². The lowest BCUT2D eigenvalue weighted by Gasteiger charge is -2.08. The van der Waals surface area contributed by atoms with Gasteiger partial charge >= 0.3 is 11.4 Å². The van der Waals surface area contributed by atoms with Crippen molar-refractivity contribution >= 4 is 11.4 Å². The van der Waals surface area contributed by atoms with Crippen LogP contribution in [-0.4, -0.2) is 14.9 Å². The second-order valence-corrected chi connectivity index (χ2v) is 5.01. The van der Waals surface area contributed by atoms with Crippen LogP contribution in [0.4, 0.5) is 0 Å². The van der Waals surface area contributed by atoms with Gasteiger partial charge in [0.25, 0.3) is 0 Å². The Hall–Kier alpha value is 0.0700. The molecule has 0 bridgehead atoms. The Morgan fingerprint density at radius 1 is 1.06 bits per heavy atom. The highest BCUT2D eigenvalue weighted by molar-refractivity contribution is 7.74. The Labute approximate surface area is 102 Å². The third-order valence-corrected chi connectivity index (χ3v) is 3.20. The minimum atomic E-state index is -2.11. The predicted octanol–water partition coefficient (Wildman–Crippen LogP) is 4.06. The van der Waals surface area contributed by atoms with E-state index in [0.717, 1.165) is 12.8 Å². The largest absolute Gasteiger partial charge is 0.302 e. The van der Waals surface area contributed by atoms with E-state index in [2.05, 4.69) is 6.92 Å². The van der Waals surface area contributed by atoms with Crippen molar-refractivity contribution < 1.29 is 12.9 Å². The van der Waals surface area contributed by atoms with Gasteiger partial charge in [-0.3, -0.25) is 8.74 Å². The minimum Gasteiger partial charge on any atom is -0.284 e. The van der Waals surface area contributed by atoms with E-state index in [9.17, 15) is 4.21 Å². The fourth-order valence-corrected chi connectivity index (χ4v) is 2.13. The molecule has 0 fully saturated rings. The summed E-state index contributed by atoms with van der Waals surface area (Å²) in [6.45, 7) is 4.07. The van der Waals surface area contributed by atoms with Crippen LogP contribution in [-0.2, 0) is 15.5 Å². The molecule has 0 amide bonds. The average Bonchev–Trinajstić information content (AvgIpc) is 2.21. The molecule has 0 heterocycles. The lowest BCUT2D eigenvalue weighted by Crippen LogP contribution is -2.09. The fraction of sp³-hybridized carbons (Fsp3) is 1.00. The van der Waals surface area contributed by atoms with Crippen molar-refractivity contribution in [2.75, 3.05) is 0 Å². The Morgan fingerprint density at radius 2 is 1.56 bits per heavy atom. The van der Waals surface area contributed by atoms with Crippen LogP contribution in [0.5, 0.6) is 0 Å². The lowest BCUT2D eigenvalue weighted by molar-refractivity contribution is 0.208. The summed E-state index contributed by atoms with van der Waals surface area (Å²) in [4.78, 5) is 0. The second-order valence-electron chi connectivity index (χ2n) is 4.39. The van der Waals surface area contributed by atoms with Gasteiger partial charge in [0, 0.05) is 0 Å². The normalized spacial score (nSPS) is 14.9. The molecule has 2 atom stereocenters. The molecule has 0 radical (unpaired) electrons. The smallest absolute Gasteiger partial charge is 0.284 e. The molecule has 0 aromatic heterocycles. The van der Waals surface area contributed by atoms with Gasteiger partial charge in [0.2, 0.25) is 0 Å². The first kappa shape index (κ1) is 16.1. The molecule has 4 heteroatoms. The molecule has 3 nitrogen and oxygen atoms in total. The third-order valence-electron chi connectivity index (χ3n) is 2.71. The maximum atomic E-state index is 10.3. The number of rotatable bonds is 11. The molecule has 0 aliphatic heterocycles. The Morgan fingerprint density at radius 3 is 2.06 bits per heavy atom. The first-order chi connectivity index (χ1) is 7.66. The molecule has 0 saturated carbocycles. The second kappa shape index (κ2) is 11.6. The van der Waals surface area contributed by atoms with Gasteiger partial charge in [0.1, 0.15) is 0 Å². The zero-order chi connectivity index (χ0) is 12.2. The predicted molar refractivity (Wildman–Crippen MR) is 68.5 cm³/mol. The summed E-state index contributed by atoms with van der Waals surface area (Å²) < 4.78 is 23.6. The Bertz CT molecular complexity index is 174. The molecule has 16 heavy (non-hydrogen) atoms. The summed E-state index contributed by atoms with van der Waals surface area (Å²) in [6.07, 6.45) is 11.0. The van der Waals surface area contributed by atoms with Gasteiger partial charge in [0.05, 0.1) is 6.10 Å². The van der Waals surface area contributed by atoms with Crippen LogP contribution in [0.15, 0.2) is 0 Å². The zero-order valence-electron chi connectivity index (χ0n) is 10.6. The van der Waals surface area contributed by atoms with E-state index < -0.39 is 11.4 Å². The van der Waals surface area contributed by atoms with Crippen LogP contribution in [0.25, 0.3) is 0 Å². The van der Waals surface area contributed by atoms with Gasteiger partial charge in [0.15, 0.2) is 0 Å². The van der Waals surface area contributed by atoms with Crippen LogP contribution in [0, 0.1) is 0 Å². The molecular weight excluding hydrogens is 224 g/mol. The molecule has 0 aliphatic rings. The van der Waals surface area contributed by atoms with Gasteiger partial charge in [-0.1, -0.05) is 58.3 Å². The molecule has 1 N–H and O–H groups in total. The Balaban J connectivity index is 3.11. The summed E-state index contributed by atoms with van der Waals surface area (Å²) in [6, 6.07) is 0. The minimum absolute atomic E-state index is 0.106. The van der Waals surface area contributed by atoms with E-state index in [4.69, 9.17) is 8.74 Å². The molecule has 98 valence electrons. The summed E-state index contributed by atoms with van der Waals surface area (Å²) in [5.74, 6) is 0. The summed E-state index contributed by atoms with van der Waals surface area (Å²) in [5.41, 5.74) is 0. The first-order valence-corrected chi connectivity index (χ1v) is 7.48. The number of hydrogen-bond donors (Lipinski definition) is 1. The number of hydrogen-bond acceptors (Lipinski definition) is 2. The van der Waals surface area contributed by atoms with Crippen LogP contribution in [0.3, 0.4) is 0 Å². The molecule has 0 saturated heterocycles. The van der Waals surface area contributed by atoms with E-state index >= 15 is 0 Å². The SMILES string of the molecule is CCCCCCCCCCC(C)OS(=O)O. The van der Waals surface area contributed by atoms with Crippen LogP contribution >= 0.6 is 0 Å². The van der Waals surface area contributed by atoms with Crippen molar-refractivity contribution in [3.63, 3.8) is 0 Å². The molecule has 0 spiro atoms. The zero-order valence-corrected chi connectivity index (χ0v) is 11.4. The van der Waals surface area contributed by atoms with Crippen molar-refractivity contribution in [2.24, 2.45) is 0 Å². The first-order valence-electron chi connectivity index (χ1n) is 6.44. The van der Waals surface area contributed by atoms with E-state index in [0.29, 0.717) is 0 Å². The average molecular weight is 250 g/mol. The maximum absolute atomic E-state index is 10.3. The van der Waals surface area contributed by atoms with Gasteiger partial charge in [-0.25, -0.2) is 0 Å². The van der Waals surface area contributed by atoms with E-state index in [1.165, 1.54) is 44.9 Å². The Kier molecular flexibility index (Phi) is 11.6. The topological polar surface area (TPSA) is 46.5 Å². The molecule has 0 aliphatic carbocycles. The van der Waals surface area contributed by atoms with Crippen LogP contribution < -0.4 is 0 Å². The third kappa shape index (κ3) is 12.1. The monoisotopic (exact) mass is 250 g/mol. The lowest BCUT2D eigenvalue weighted by atomic mass is 10.1. The molecule has 0 aromatic carbocycles. The van der Waals surface area contributed by atoms with E-state index in [-0.39, 0.29) is 6.10 Å². The summed E-state index contributed by atoms with van der Waals surface area (Å²) in [7, 11) is 0. The van der Waals surface area contributed by atoms with E-state index in [1.54, 1.807) is 0 Å². The highest BCUT2D eigenvalue weighted by Gasteiger charge is 2.04. The standard InChI is InChI=1S/C12H26O3S/c1-3-4-5-6-7-8-9-10-11-12(2)15-16(13)14/h12H,3-11H2,1-2H3,(H,13,14). The number of unbranched alkanes of at least 4 members (excludes halogenated alkanes) is 7. The van der Waals surface area contributed by atoms with Crippen molar-refractivity contribution in [2.45, 2.75) is 77.7 Å². The summed E-state index contributed by atoms with van der Waals surface area (Å²) >= 11 is -2.11. The molecule has 2 unspecified atom stereocenters. The van der Waals surface area contributed by atoms with Gasteiger partial charge in [-0.2, -0.15) is 4.21 Å². The highest BCUT2D eigenvalue weighted by Crippen LogP contribution is 2.11. The van der Waals surface area contributed by atoms with Gasteiger partial charge < -0.3 is 0 Å². The van der Waals surface area contributed by atoms with Crippen LogP contribution in [0.2, 0.25) is 0 Å². The maximum Gasteiger partial charge on any atom is 0.302 e. The van der Waals surface area contributed by atoms with Crippen molar-refractivity contribution in [3.8, 4) is 0 Å². The van der Waals surface area contributed by atoms with Crippen LogP contribution in [0.1, 0.15) is 71.6 Å².